The Hall–Kier alpha value is -3.28. The number of imide groups is 1. The third-order valence-electron chi connectivity index (χ3n) is 7.53. The van der Waals surface area contributed by atoms with Crippen LogP contribution in [0.2, 0.25) is 0 Å². The van der Waals surface area contributed by atoms with E-state index in [0.717, 1.165) is 64.1 Å². The first-order chi connectivity index (χ1) is 18.3. The van der Waals surface area contributed by atoms with Crippen molar-refractivity contribution >= 4 is 29.6 Å². The molecular formula is C26H39N5O7. The van der Waals surface area contributed by atoms with Gasteiger partial charge >= 0.3 is 5.97 Å². The Morgan fingerprint density at radius 2 is 1.55 bits per heavy atom. The molecule has 0 bridgehead atoms. The number of aromatic nitrogens is 1. The number of nitrogens with zero attached hydrogens (tertiary/aromatic N) is 2. The average Bonchev–Trinajstić information content (AvgIpc) is 3.46. The molecule has 0 unspecified atom stereocenters. The van der Waals surface area contributed by atoms with Crippen molar-refractivity contribution in [3.05, 3.63) is 18.0 Å². The van der Waals surface area contributed by atoms with Gasteiger partial charge in [0.1, 0.15) is 12.3 Å². The second-order valence-electron chi connectivity index (χ2n) is 10.4. The molecule has 0 aliphatic heterocycles. The van der Waals surface area contributed by atoms with Gasteiger partial charge in [-0.05, 0) is 24.7 Å². The summed E-state index contributed by atoms with van der Waals surface area (Å²) in [6, 6.07) is -0.893. The lowest BCUT2D eigenvalue weighted by molar-refractivity contribution is -0.148. The SMILES string of the molecule is N[C@@H](CC1CCCCC1)C(=O)NCC(=O)NCC(=O)N(C(=O)c1ccon1)[C@@H](CC1CCCCC1)C(=O)O. The summed E-state index contributed by atoms with van der Waals surface area (Å²) >= 11 is 0. The number of carboxylic acids is 1. The summed E-state index contributed by atoms with van der Waals surface area (Å²) in [5, 5.41) is 18.3. The average molecular weight is 534 g/mol. The van der Waals surface area contributed by atoms with Gasteiger partial charge in [-0.25, -0.2) is 4.79 Å². The molecule has 5 N–H and O–H groups in total. The van der Waals surface area contributed by atoms with E-state index in [-0.39, 0.29) is 18.0 Å². The molecule has 2 aliphatic rings. The number of carbonyl (C=O) groups is 5. The molecule has 2 atom stereocenters. The zero-order chi connectivity index (χ0) is 27.5. The van der Waals surface area contributed by atoms with Crippen LogP contribution in [-0.4, -0.2) is 69.9 Å². The molecule has 0 saturated heterocycles. The summed E-state index contributed by atoms with van der Waals surface area (Å²) in [5.41, 5.74) is 5.79. The van der Waals surface area contributed by atoms with Crippen molar-refractivity contribution in [2.24, 2.45) is 17.6 Å². The first-order valence-electron chi connectivity index (χ1n) is 13.6. The predicted octanol–water partition coefficient (Wildman–Crippen LogP) is 1.60. The Kier molecular flexibility index (Phi) is 11.3. The second kappa shape index (κ2) is 14.6. The molecule has 0 spiro atoms. The molecule has 1 heterocycles. The summed E-state index contributed by atoms with van der Waals surface area (Å²) in [4.78, 5) is 63.7. The van der Waals surface area contributed by atoms with Crippen LogP contribution in [0.1, 0.15) is 87.5 Å². The molecule has 2 fully saturated rings. The van der Waals surface area contributed by atoms with Gasteiger partial charge < -0.3 is 26.0 Å². The van der Waals surface area contributed by atoms with Gasteiger partial charge in [0.2, 0.25) is 17.7 Å². The lowest BCUT2D eigenvalue weighted by Crippen LogP contribution is -2.53. The third-order valence-corrected chi connectivity index (χ3v) is 7.53. The number of hydrogen-bond acceptors (Lipinski definition) is 8. The molecule has 210 valence electrons. The van der Waals surface area contributed by atoms with Gasteiger partial charge in [0, 0.05) is 6.07 Å². The highest BCUT2D eigenvalue weighted by Crippen LogP contribution is 2.29. The molecule has 2 saturated carbocycles. The molecular weight excluding hydrogens is 494 g/mol. The van der Waals surface area contributed by atoms with E-state index in [2.05, 4.69) is 15.8 Å². The lowest BCUT2D eigenvalue weighted by atomic mass is 9.84. The van der Waals surface area contributed by atoms with Crippen LogP contribution in [0.15, 0.2) is 16.9 Å². The number of hydrogen-bond donors (Lipinski definition) is 4. The van der Waals surface area contributed by atoms with Crippen LogP contribution >= 0.6 is 0 Å². The highest BCUT2D eigenvalue weighted by atomic mass is 16.5. The Morgan fingerprint density at radius 1 is 0.947 bits per heavy atom. The van der Waals surface area contributed by atoms with Crippen LogP contribution in [0.5, 0.6) is 0 Å². The van der Waals surface area contributed by atoms with Crippen LogP contribution in [0, 0.1) is 11.8 Å². The van der Waals surface area contributed by atoms with E-state index in [4.69, 9.17) is 10.3 Å². The van der Waals surface area contributed by atoms with Gasteiger partial charge in [0.25, 0.3) is 5.91 Å². The van der Waals surface area contributed by atoms with Gasteiger partial charge in [0.05, 0.1) is 19.1 Å². The van der Waals surface area contributed by atoms with Crippen LogP contribution < -0.4 is 16.4 Å². The summed E-state index contributed by atoms with van der Waals surface area (Å²) in [7, 11) is 0. The smallest absolute Gasteiger partial charge is 0.326 e. The van der Waals surface area contributed by atoms with Crippen LogP contribution in [0.25, 0.3) is 0 Å². The number of aliphatic carboxylic acids is 1. The largest absolute Gasteiger partial charge is 0.480 e. The number of carboxylic acid groups (broad SMARTS) is 1. The normalized spacial score (nSPS) is 18.2. The van der Waals surface area contributed by atoms with E-state index in [9.17, 15) is 29.1 Å². The zero-order valence-corrected chi connectivity index (χ0v) is 21.7. The number of carbonyl (C=O) groups excluding carboxylic acids is 4. The predicted molar refractivity (Wildman–Crippen MR) is 135 cm³/mol. The van der Waals surface area contributed by atoms with Crippen molar-refractivity contribution in [2.45, 2.75) is 89.1 Å². The lowest BCUT2D eigenvalue weighted by Gasteiger charge is -2.31. The fourth-order valence-corrected chi connectivity index (χ4v) is 5.44. The third kappa shape index (κ3) is 8.64. The van der Waals surface area contributed by atoms with Crippen LogP contribution in [0.3, 0.4) is 0 Å². The zero-order valence-electron chi connectivity index (χ0n) is 21.7. The first kappa shape index (κ1) is 29.3. The fraction of sp³-hybridized carbons (Fsp3) is 0.692. The van der Waals surface area contributed by atoms with E-state index in [0.29, 0.717) is 17.2 Å². The Bertz CT molecular complexity index is 955. The second-order valence-corrected chi connectivity index (χ2v) is 10.4. The van der Waals surface area contributed by atoms with Crippen molar-refractivity contribution in [1.29, 1.82) is 0 Å². The van der Waals surface area contributed by atoms with E-state index in [1.807, 2.05) is 0 Å². The maximum atomic E-state index is 13.1. The molecule has 38 heavy (non-hydrogen) atoms. The number of amides is 4. The molecule has 1 aromatic rings. The highest BCUT2D eigenvalue weighted by Gasteiger charge is 2.38. The van der Waals surface area contributed by atoms with E-state index < -0.39 is 54.8 Å². The van der Waals surface area contributed by atoms with Crippen molar-refractivity contribution in [3.8, 4) is 0 Å². The van der Waals surface area contributed by atoms with E-state index in [1.165, 1.54) is 12.5 Å². The topological polar surface area (TPSA) is 185 Å². The van der Waals surface area contributed by atoms with Gasteiger partial charge in [-0.15, -0.1) is 0 Å². The van der Waals surface area contributed by atoms with Gasteiger partial charge in [-0.3, -0.25) is 24.1 Å². The Morgan fingerprint density at radius 3 is 2.11 bits per heavy atom. The van der Waals surface area contributed by atoms with Crippen molar-refractivity contribution in [3.63, 3.8) is 0 Å². The van der Waals surface area contributed by atoms with Crippen molar-refractivity contribution in [2.75, 3.05) is 13.1 Å². The molecule has 3 rings (SSSR count). The van der Waals surface area contributed by atoms with Crippen LogP contribution in [-0.2, 0) is 19.2 Å². The summed E-state index contributed by atoms with van der Waals surface area (Å²) in [6.45, 7) is -1.02. The molecule has 0 radical (unpaired) electrons. The molecule has 0 aromatic carbocycles. The minimum Gasteiger partial charge on any atom is -0.480 e. The van der Waals surface area contributed by atoms with Crippen molar-refractivity contribution < 1.29 is 33.6 Å². The number of nitrogens with one attached hydrogen (secondary N) is 2. The minimum atomic E-state index is -1.41. The maximum absolute atomic E-state index is 13.1. The maximum Gasteiger partial charge on any atom is 0.326 e. The number of nitrogens with two attached hydrogens (primary N) is 1. The quantitative estimate of drug-likeness (QED) is 0.310. The Labute approximate surface area is 222 Å². The van der Waals surface area contributed by atoms with Crippen molar-refractivity contribution in [1.82, 2.24) is 20.7 Å². The van der Waals surface area contributed by atoms with Gasteiger partial charge in [-0.2, -0.15) is 0 Å². The summed E-state index contributed by atoms with van der Waals surface area (Å²) < 4.78 is 4.70. The summed E-state index contributed by atoms with van der Waals surface area (Å²) in [5.74, 6) is -3.76. The molecule has 12 heteroatoms. The molecule has 4 amide bonds. The summed E-state index contributed by atoms with van der Waals surface area (Å²) in [6.07, 6.45) is 12.0. The fourth-order valence-electron chi connectivity index (χ4n) is 5.44. The van der Waals surface area contributed by atoms with Crippen LogP contribution in [0.4, 0.5) is 0 Å². The minimum absolute atomic E-state index is 0.0629. The molecule has 12 nitrogen and oxygen atoms in total. The molecule has 1 aromatic heterocycles. The highest BCUT2D eigenvalue weighted by molar-refractivity contribution is 6.07. The molecule has 2 aliphatic carbocycles. The van der Waals surface area contributed by atoms with Gasteiger partial charge in [0.15, 0.2) is 5.69 Å². The van der Waals surface area contributed by atoms with E-state index >= 15 is 0 Å². The van der Waals surface area contributed by atoms with E-state index in [1.54, 1.807) is 0 Å². The Balaban J connectivity index is 1.56. The standard InChI is InChI=1S/C26H39N5O7/c27-19(13-17-7-3-1-4-8-17)24(34)29-15-22(32)28-16-23(33)31(25(35)20-11-12-38-30-20)21(26(36)37)14-18-9-5-2-6-10-18/h11-12,17-19,21H,1-10,13-16,27H2,(H,28,32)(H,29,34)(H,36,37)/t19-,21-/m0/s1. The first-order valence-corrected chi connectivity index (χ1v) is 13.6. The monoisotopic (exact) mass is 533 g/mol. The van der Waals surface area contributed by atoms with Gasteiger partial charge in [-0.1, -0.05) is 69.4 Å². The number of rotatable bonds is 12.